The largest absolute Gasteiger partial charge is 0.508 e. The van der Waals surface area contributed by atoms with Gasteiger partial charge in [-0.25, -0.2) is 5.43 Å². The van der Waals surface area contributed by atoms with Gasteiger partial charge in [0.15, 0.2) is 0 Å². The van der Waals surface area contributed by atoms with Crippen molar-refractivity contribution in [1.82, 2.24) is 10.7 Å². The first-order valence-corrected chi connectivity index (χ1v) is 6.03. The predicted octanol–water partition coefficient (Wildman–Crippen LogP) is 0.759. The maximum atomic E-state index is 11.3. The van der Waals surface area contributed by atoms with Crippen molar-refractivity contribution < 1.29 is 14.7 Å². The molecule has 0 spiro atoms. The van der Waals surface area contributed by atoms with Gasteiger partial charge in [-0.1, -0.05) is 25.5 Å². The van der Waals surface area contributed by atoms with Crippen LogP contribution in [0.2, 0.25) is 0 Å². The Morgan fingerprint density at radius 3 is 2.84 bits per heavy atom. The SMILES string of the molecule is CCCCNC(=O)C(=O)N/N=C\c1cccc(O)c1. The van der Waals surface area contributed by atoms with Crippen LogP contribution in [0.1, 0.15) is 25.3 Å². The molecule has 0 unspecified atom stereocenters. The number of hydrogen-bond donors (Lipinski definition) is 3. The van der Waals surface area contributed by atoms with Crippen LogP contribution in [0.15, 0.2) is 29.4 Å². The van der Waals surface area contributed by atoms with E-state index in [0.29, 0.717) is 12.1 Å². The molecule has 102 valence electrons. The molecule has 0 radical (unpaired) electrons. The highest BCUT2D eigenvalue weighted by atomic mass is 16.3. The second kappa shape index (κ2) is 7.86. The van der Waals surface area contributed by atoms with Crippen LogP contribution in [0.3, 0.4) is 0 Å². The van der Waals surface area contributed by atoms with E-state index in [1.54, 1.807) is 12.1 Å². The van der Waals surface area contributed by atoms with Crippen LogP contribution in [0, 0.1) is 0 Å². The lowest BCUT2D eigenvalue weighted by Crippen LogP contribution is -2.38. The first-order chi connectivity index (χ1) is 9.13. The average molecular weight is 263 g/mol. The van der Waals surface area contributed by atoms with E-state index in [1.807, 2.05) is 6.92 Å². The first-order valence-electron chi connectivity index (χ1n) is 6.03. The Morgan fingerprint density at radius 1 is 1.37 bits per heavy atom. The Bertz CT molecular complexity index is 472. The van der Waals surface area contributed by atoms with E-state index in [4.69, 9.17) is 0 Å². The minimum Gasteiger partial charge on any atom is -0.508 e. The molecule has 0 saturated heterocycles. The Labute approximate surface area is 111 Å². The molecule has 6 nitrogen and oxygen atoms in total. The number of carbonyl (C=O) groups is 2. The topological polar surface area (TPSA) is 90.8 Å². The molecule has 1 aromatic rings. The lowest BCUT2D eigenvalue weighted by molar-refractivity contribution is -0.139. The van der Waals surface area contributed by atoms with Crippen LogP contribution in [0.4, 0.5) is 0 Å². The number of unbranched alkanes of at least 4 members (excludes halogenated alkanes) is 1. The van der Waals surface area contributed by atoms with Gasteiger partial charge in [-0.3, -0.25) is 9.59 Å². The van der Waals surface area contributed by atoms with E-state index < -0.39 is 11.8 Å². The highest BCUT2D eigenvalue weighted by Crippen LogP contribution is 2.08. The minimum absolute atomic E-state index is 0.104. The highest BCUT2D eigenvalue weighted by molar-refractivity contribution is 6.35. The van der Waals surface area contributed by atoms with E-state index >= 15 is 0 Å². The molecule has 1 aromatic carbocycles. The standard InChI is InChI=1S/C13H17N3O3/c1-2-3-7-14-12(18)13(19)16-15-9-10-5-4-6-11(17)8-10/h4-6,8-9,17H,2-3,7H2,1H3,(H,14,18)(H,16,19)/b15-9-. The summed E-state index contributed by atoms with van der Waals surface area (Å²) in [6, 6.07) is 6.36. The third kappa shape index (κ3) is 5.67. The third-order valence-electron chi connectivity index (χ3n) is 2.27. The Hall–Kier alpha value is -2.37. The second-order valence-electron chi connectivity index (χ2n) is 3.90. The van der Waals surface area contributed by atoms with E-state index in [1.165, 1.54) is 18.3 Å². The molecule has 1 rings (SSSR count). The molecule has 0 aromatic heterocycles. The third-order valence-corrected chi connectivity index (χ3v) is 2.27. The number of phenols is 1. The van der Waals surface area contributed by atoms with Gasteiger partial charge >= 0.3 is 11.8 Å². The van der Waals surface area contributed by atoms with E-state index in [9.17, 15) is 14.7 Å². The fourth-order valence-electron chi connectivity index (χ4n) is 1.28. The van der Waals surface area contributed by atoms with E-state index in [0.717, 1.165) is 12.8 Å². The van der Waals surface area contributed by atoms with Gasteiger partial charge in [-0.2, -0.15) is 5.10 Å². The van der Waals surface area contributed by atoms with Crippen molar-refractivity contribution in [1.29, 1.82) is 0 Å². The van der Waals surface area contributed by atoms with Gasteiger partial charge in [-0.15, -0.1) is 0 Å². The normalized spacial score (nSPS) is 10.4. The van der Waals surface area contributed by atoms with Crippen molar-refractivity contribution in [3.05, 3.63) is 29.8 Å². The molecular weight excluding hydrogens is 246 g/mol. The van der Waals surface area contributed by atoms with Gasteiger partial charge in [0.05, 0.1) is 6.21 Å². The molecule has 2 amide bonds. The zero-order valence-electron chi connectivity index (χ0n) is 10.7. The summed E-state index contributed by atoms with van der Waals surface area (Å²) in [5.74, 6) is -1.42. The summed E-state index contributed by atoms with van der Waals surface area (Å²) in [6.45, 7) is 2.46. The molecule has 3 N–H and O–H groups in total. The zero-order valence-corrected chi connectivity index (χ0v) is 10.7. The van der Waals surface area contributed by atoms with Crippen LogP contribution in [-0.2, 0) is 9.59 Å². The number of hydrogen-bond acceptors (Lipinski definition) is 4. The molecule has 0 aliphatic rings. The summed E-state index contributed by atoms with van der Waals surface area (Å²) in [4.78, 5) is 22.6. The molecule has 0 fully saturated rings. The highest BCUT2D eigenvalue weighted by Gasteiger charge is 2.10. The summed E-state index contributed by atoms with van der Waals surface area (Å²) in [5, 5.41) is 15.3. The Balaban J connectivity index is 2.39. The predicted molar refractivity (Wildman–Crippen MR) is 71.8 cm³/mol. The van der Waals surface area contributed by atoms with Crippen LogP contribution < -0.4 is 10.7 Å². The lowest BCUT2D eigenvalue weighted by Gasteiger charge is -2.02. The maximum absolute atomic E-state index is 11.3. The number of aromatic hydroxyl groups is 1. The quantitative estimate of drug-likeness (QED) is 0.317. The van der Waals surface area contributed by atoms with Crippen molar-refractivity contribution in [2.24, 2.45) is 5.10 Å². The number of benzene rings is 1. The van der Waals surface area contributed by atoms with E-state index in [-0.39, 0.29) is 5.75 Å². The summed E-state index contributed by atoms with van der Waals surface area (Å²) in [5.41, 5.74) is 2.73. The molecule has 19 heavy (non-hydrogen) atoms. The van der Waals surface area contributed by atoms with Crippen molar-refractivity contribution in [3.8, 4) is 5.75 Å². The number of rotatable bonds is 5. The monoisotopic (exact) mass is 263 g/mol. The van der Waals surface area contributed by atoms with Gasteiger partial charge in [0.1, 0.15) is 5.75 Å². The molecule has 0 bridgehead atoms. The molecule has 6 heteroatoms. The summed E-state index contributed by atoms with van der Waals surface area (Å²) >= 11 is 0. The van der Waals surface area contributed by atoms with Crippen molar-refractivity contribution in [2.45, 2.75) is 19.8 Å². The van der Waals surface area contributed by atoms with Crippen molar-refractivity contribution in [3.63, 3.8) is 0 Å². The van der Waals surface area contributed by atoms with Crippen LogP contribution in [-0.4, -0.2) is 29.7 Å². The van der Waals surface area contributed by atoms with Gasteiger partial charge in [0.25, 0.3) is 0 Å². The summed E-state index contributed by atoms with van der Waals surface area (Å²) in [6.07, 6.45) is 3.11. The molecule has 0 saturated carbocycles. The fourth-order valence-corrected chi connectivity index (χ4v) is 1.28. The number of phenolic OH excluding ortho intramolecular Hbond substituents is 1. The molecule has 0 aliphatic heterocycles. The lowest BCUT2D eigenvalue weighted by atomic mass is 10.2. The van der Waals surface area contributed by atoms with Gasteiger partial charge in [-0.05, 0) is 24.1 Å². The minimum atomic E-state index is -0.812. The van der Waals surface area contributed by atoms with Gasteiger partial charge in [0, 0.05) is 6.54 Å². The van der Waals surface area contributed by atoms with Gasteiger partial charge in [0.2, 0.25) is 0 Å². The van der Waals surface area contributed by atoms with Crippen molar-refractivity contribution in [2.75, 3.05) is 6.54 Å². The van der Waals surface area contributed by atoms with Crippen LogP contribution >= 0.6 is 0 Å². The fraction of sp³-hybridized carbons (Fsp3) is 0.308. The Morgan fingerprint density at radius 2 is 2.16 bits per heavy atom. The molecular formula is C13H17N3O3. The number of amides is 2. The maximum Gasteiger partial charge on any atom is 0.329 e. The second-order valence-corrected chi connectivity index (χ2v) is 3.90. The number of carbonyl (C=O) groups excluding carboxylic acids is 2. The van der Waals surface area contributed by atoms with Crippen LogP contribution in [0.25, 0.3) is 0 Å². The number of hydrazone groups is 1. The number of nitrogens with zero attached hydrogens (tertiary/aromatic N) is 1. The number of nitrogens with one attached hydrogen (secondary N) is 2. The van der Waals surface area contributed by atoms with Crippen LogP contribution in [0.5, 0.6) is 5.75 Å². The molecule has 0 heterocycles. The average Bonchev–Trinajstić information content (AvgIpc) is 2.39. The van der Waals surface area contributed by atoms with E-state index in [2.05, 4.69) is 15.8 Å². The van der Waals surface area contributed by atoms with Gasteiger partial charge < -0.3 is 10.4 Å². The summed E-state index contributed by atoms with van der Waals surface area (Å²) < 4.78 is 0. The van der Waals surface area contributed by atoms with Crippen molar-refractivity contribution >= 4 is 18.0 Å². The zero-order chi connectivity index (χ0) is 14.1. The first kappa shape index (κ1) is 14.7. The molecule has 0 atom stereocenters. The smallest absolute Gasteiger partial charge is 0.329 e. The Kier molecular flexibility index (Phi) is 6.08. The summed E-state index contributed by atoms with van der Waals surface area (Å²) in [7, 11) is 0. The molecule has 0 aliphatic carbocycles.